The number of halogens is 3. The van der Waals surface area contributed by atoms with Gasteiger partial charge in [-0.3, -0.25) is 4.90 Å². The highest BCUT2D eigenvalue weighted by atomic mass is 35.5. The Kier molecular flexibility index (Phi) is 6.14. The summed E-state index contributed by atoms with van der Waals surface area (Å²) in [6.07, 6.45) is 0. The molecule has 1 N–H and O–H groups in total. The SMILES string of the molecule is O=S(=O)(NC1CN(C(c2ccc(Cl)cc2)c2ccc(Cl)cc2)C1)c1cccc(F)c1. The van der Waals surface area contributed by atoms with Gasteiger partial charge in [0.1, 0.15) is 5.82 Å². The Labute approximate surface area is 185 Å². The Bertz CT molecular complexity index is 1090. The third-order valence-electron chi connectivity index (χ3n) is 5.07. The molecule has 1 saturated heterocycles. The number of nitrogens with zero attached hydrogens (tertiary/aromatic N) is 1. The molecule has 3 aromatic rings. The molecular formula is C22H19Cl2FN2O2S. The van der Waals surface area contributed by atoms with E-state index in [1.54, 1.807) is 0 Å². The minimum atomic E-state index is -3.78. The summed E-state index contributed by atoms with van der Waals surface area (Å²) >= 11 is 12.1. The van der Waals surface area contributed by atoms with E-state index in [1.807, 2.05) is 48.5 Å². The Morgan fingerprint density at radius 2 is 1.43 bits per heavy atom. The van der Waals surface area contributed by atoms with Crippen LogP contribution < -0.4 is 4.72 Å². The molecule has 1 aliphatic heterocycles. The van der Waals surface area contributed by atoms with Crippen LogP contribution in [0.1, 0.15) is 17.2 Å². The van der Waals surface area contributed by atoms with Gasteiger partial charge in [-0.1, -0.05) is 53.5 Å². The van der Waals surface area contributed by atoms with Gasteiger partial charge in [0.15, 0.2) is 0 Å². The predicted molar refractivity (Wildman–Crippen MR) is 117 cm³/mol. The van der Waals surface area contributed by atoms with E-state index in [9.17, 15) is 12.8 Å². The molecule has 0 saturated carbocycles. The van der Waals surface area contributed by atoms with E-state index in [2.05, 4.69) is 9.62 Å². The average molecular weight is 465 g/mol. The lowest BCUT2D eigenvalue weighted by Gasteiger charge is -2.44. The molecule has 3 aromatic carbocycles. The fourth-order valence-electron chi connectivity index (χ4n) is 3.62. The molecule has 0 spiro atoms. The highest BCUT2D eigenvalue weighted by molar-refractivity contribution is 7.89. The first kappa shape index (κ1) is 21.3. The molecule has 0 radical (unpaired) electrons. The maximum Gasteiger partial charge on any atom is 0.241 e. The van der Waals surface area contributed by atoms with Gasteiger partial charge < -0.3 is 0 Å². The number of nitrogens with one attached hydrogen (secondary N) is 1. The molecule has 0 aromatic heterocycles. The highest BCUT2D eigenvalue weighted by Gasteiger charge is 2.36. The van der Waals surface area contributed by atoms with Gasteiger partial charge in [0.05, 0.1) is 10.9 Å². The van der Waals surface area contributed by atoms with Crippen molar-refractivity contribution in [2.45, 2.75) is 17.0 Å². The van der Waals surface area contributed by atoms with Gasteiger partial charge in [-0.05, 0) is 53.6 Å². The number of rotatable bonds is 6. The molecule has 4 nitrogen and oxygen atoms in total. The van der Waals surface area contributed by atoms with Crippen LogP contribution in [-0.2, 0) is 10.0 Å². The molecule has 1 fully saturated rings. The van der Waals surface area contributed by atoms with Crippen LogP contribution in [-0.4, -0.2) is 32.4 Å². The van der Waals surface area contributed by atoms with Crippen LogP contribution in [0.5, 0.6) is 0 Å². The molecule has 1 aliphatic rings. The number of benzene rings is 3. The summed E-state index contributed by atoms with van der Waals surface area (Å²) in [6.45, 7) is 1.04. The molecule has 0 amide bonds. The normalized spacial score (nSPS) is 15.3. The van der Waals surface area contributed by atoms with Crippen LogP contribution in [0.2, 0.25) is 10.0 Å². The molecule has 0 bridgehead atoms. The summed E-state index contributed by atoms with van der Waals surface area (Å²) < 4.78 is 41.2. The van der Waals surface area contributed by atoms with Crippen molar-refractivity contribution < 1.29 is 12.8 Å². The summed E-state index contributed by atoms with van der Waals surface area (Å²) in [5.74, 6) is -0.585. The molecule has 0 atom stereocenters. The molecule has 1 heterocycles. The second-order valence-corrected chi connectivity index (χ2v) is 9.82. The third-order valence-corrected chi connectivity index (χ3v) is 7.10. The van der Waals surface area contributed by atoms with Crippen LogP contribution in [0.4, 0.5) is 4.39 Å². The first-order chi connectivity index (χ1) is 14.3. The van der Waals surface area contributed by atoms with Crippen LogP contribution in [0.15, 0.2) is 77.7 Å². The molecule has 156 valence electrons. The van der Waals surface area contributed by atoms with Gasteiger partial charge >= 0.3 is 0 Å². The smallest absolute Gasteiger partial charge is 0.241 e. The van der Waals surface area contributed by atoms with Crippen molar-refractivity contribution in [2.24, 2.45) is 0 Å². The van der Waals surface area contributed by atoms with Crippen LogP contribution in [0, 0.1) is 5.82 Å². The van der Waals surface area contributed by atoms with Crippen LogP contribution >= 0.6 is 23.2 Å². The van der Waals surface area contributed by atoms with Crippen LogP contribution in [0.3, 0.4) is 0 Å². The predicted octanol–water partition coefficient (Wildman–Crippen LogP) is 4.88. The summed E-state index contributed by atoms with van der Waals surface area (Å²) in [5.41, 5.74) is 2.10. The first-order valence-corrected chi connectivity index (χ1v) is 11.6. The van der Waals surface area contributed by atoms with E-state index in [4.69, 9.17) is 23.2 Å². The maximum absolute atomic E-state index is 13.4. The zero-order valence-corrected chi connectivity index (χ0v) is 18.1. The summed E-state index contributed by atoms with van der Waals surface area (Å²) in [5, 5.41) is 1.30. The fourth-order valence-corrected chi connectivity index (χ4v) is 5.13. The lowest BCUT2D eigenvalue weighted by molar-refractivity contribution is 0.105. The largest absolute Gasteiger partial charge is 0.289 e. The Morgan fingerprint density at radius 1 is 0.900 bits per heavy atom. The van der Waals surface area contributed by atoms with Gasteiger partial charge in [-0.15, -0.1) is 0 Å². The Balaban J connectivity index is 1.52. The van der Waals surface area contributed by atoms with Gasteiger partial charge in [0, 0.05) is 29.2 Å². The van der Waals surface area contributed by atoms with E-state index >= 15 is 0 Å². The monoisotopic (exact) mass is 464 g/mol. The van der Waals surface area contributed by atoms with Gasteiger partial charge in [-0.2, -0.15) is 0 Å². The van der Waals surface area contributed by atoms with Gasteiger partial charge in [0.25, 0.3) is 0 Å². The number of likely N-dealkylation sites (tertiary alicyclic amines) is 1. The third kappa shape index (κ3) is 4.68. The first-order valence-electron chi connectivity index (χ1n) is 9.35. The van der Waals surface area contributed by atoms with Gasteiger partial charge in [-0.25, -0.2) is 17.5 Å². The fraction of sp³-hybridized carbons (Fsp3) is 0.182. The highest BCUT2D eigenvalue weighted by Crippen LogP contribution is 2.34. The summed E-state index contributed by atoms with van der Waals surface area (Å²) in [4.78, 5) is 2.10. The van der Waals surface area contributed by atoms with Crippen molar-refractivity contribution in [2.75, 3.05) is 13.1 Å². The second-order valence-electron chi connectivity index (χ2n) is 7.24. The zero-order chi connectivity index (χ0) is 21.3. The standard InChI is InChI=1S/C22H19Cl2FN2O2S/c23-17-8-4-15(5-9-17)22(16-6-10-18(24)11-7-16)27-13-20(14-27)26-30(28,29)21-3-1-2-19(25)12-21/h1-12,20,22,26H,13-14H2. The molecule has 30 heavy (non-hydrogen) atoms. The quantitative estimate of drug-likeness (QED) is 0.565. The number of sulfonamides is 1. The second kappa shape index (κ2) is 8.65. The van der Waals surface area contributed by atoms with Crippen molar-refractivity contribution in [1.82, 2.24) is 9.62 Å². The van der Waals surface area contributed by atoms with E-state index in [1.165, 1.54) is 18.2 Å². The Hall–Kier alpha value is -1.96. The lowest BCUT2D eigenvalue weighted by Crippen LogP contribution is -2.60. The van der Waals surface area contributed by atoms with Gasteiger partial charge in [0.2, 0.25) is 10.0 Å². The number of hydrogen-bond donors (Lipinski definition) is 1. The average Bonchev–Trinajstić information content (AvgIpc) is 2.69. The van der Waals surface area contributed by atoms with E-state index < -0.39 is 15.8 Å². The summed E-state index contributed by atoms with van der Waals surface area (Å²) in [6, 6.07) is 19.9. The molecule has 4 rings (SSSR count). The lowest BCUT2D eigenvalue weighted by atomic mass is 9.93. The molecule has 8 heteroatoms. The van der Waals surface area contributed by atoms with E-state index in [0.29, 0.717) is 23.1 Å². The molecule has 0 unspecified atom stereocenters. The summed E-state index contributed by atoms with van der Waals surface area (Å²) in [7, 11) is -3.78. The van der Waals surface area contributed by atoms with Crippen molar-refractivity contribution in [3.05, 3.63) is 99.8 Å². The topological polar surface area (TPSA) is 49.4 Å². The molecular weight excluding hydrogens is 446 g/mol. The molecule has 0 aliphatic carbocycles. The maximum atomic E-state index is 13.4. The number of hydrogen-bond acceptors (Lipinski definition) is 3. The minimum Gasteiger partial charge on any atom is -0.289 e. The van der Waals surface area contributed by atoms with E-state index in [0.717, 1.165) is 17.2 Å². The van der Waals surface area contributed by atoms with Crippen molar-refractivity contribution in [3.63, 3.8) is 0 Å². The van der Waals surface area contributed by atoms with Crippen molar-refractivity contribution >= 4 is 33.2 Å². The van der Waals surface area contributed by atoms with Crippen molar-refractivity contribution in [3.8, 4) is 0 Å². The minimum absolute atomic E-state index is 0.0607. The zero-order valence-electron chi connectivity index (χ0n) is 15.8. The van der Waals surface area contributed by atoms with Crippen LogP contribution in [0.25, 0.3) is 0 Å². The van der Waals surface area contributed by atoms with Crippen molar-refractivity contribution in [1.29, 1.82) is 0 Å². The Morgan fingerprint density at radius 3 is 1.93 bits per heavy atom. The van der Waals surface area contributed by atoms with E-state index in [-0.39, 0.29) is 17.0 Å².